The zero-order valence-electron chi connectivity index (χ0n) is 10.4. The van der Waals surface area contributed by atoms with Gasteiger partial charge in [0, 0.05) is 24.2 Å². The molecule has 0 radical (unpaired) electrons. The molecule has 0 aliphatic carbocycles. The molecule has 0 aromatic heterocycles. The molecule has 0 unspecified atom stereocenters. The predicted octanol–water partition coefficient (Wildman–Crippen LogP) is 3.07. The lowest BCUT2D eigenvalue weighted by Crippen LogP contribution is -2.40. The molecule has 1 aromatic rings. The quantitative estimate of drug-likeness (QED) is 0.896. The van der Waals surface area contributed by atoms with Gasteiger partial charge in [0.05, 0.1) is 0 Å². The molecule has 1 heterocycles. The van der Waals surface area contributed by atoms with Crippen LogP contribution in [0.4, 0.5) is 0 Å². The molecule has 3 heteroatoms. The van der Waals surface area contributed by atoms with Crippen LogP contribution in [0.2, 0.25) is 5.02 Å². The topological polar surface area (TPSA) is 29.3 Å². The average Bonchev–Trinajstić information content (AvgIpc) is 2.33. The van der Waals surface area contributed by atoms with Crippen LogP contribution in [0.1, 0.15) is 31.4 Å². The van der Waals surface area contributed by atoms with Crippen LogP contribution in [0.3, 0.4) is 0 Å². The van der Waals surface area contributed by atoms with Gasteiger partial charge in [-0.1, -0.05) is 30.7 Å². The molecule has 94 valence electrons. The van der Waals surface area contributed by atoms with Crippen molar-refractivity contribution in [2.24, 2.45) is 11.7 Å². The average molecular weight is 253 g/mol. The van der Waals surface area contributed by atoms with Crippen molar-refractivity contribution >= 4 is 11.6 Å². The number of halogens is 1. The number of hydrogen-bond acceptors (Lipinski definition) is 2. The van der Waals surface area contributed by atoms with Crippen molar-refractivity contribution in [3.05, 3.63) is 34.9 Å². The molecular weight excluding hydrogens is 232 g/mol. The van der Waals surface area contributed by atoms with Gasteiger partial charge in [-0.3, -0.25) is 4.90 Å². The van der Waals surface area contributed by atoms with E-state index < -0.39 is 0 Å². The Bertz CT molecular complexity index is 350. The number of likely N-dealkylation sites (tertiary alicyclic amines) is 1. The Hall–Kier alpha value is -0.570. The summed E-state index contributed by atoms with van der Waals surface area (Å²) in [5.74, 6) is 0.783. The number of benzene rings is 1. The SMILES string of the molecule is C[C@H]1CCCN([C@@H](CN)c2ccc(Cl)cc2)C1. The van der Waals surface area contributed by atoms with E-state index in [0.717, 1.165) is 24.0 Å². The largest absolute Gasteiger partial charge is 0.329 e. The van der Waals surface area contributed by atoms with Crippen LogP contribution in [0.25, 0.3) is 0 Å². The third-order valence-corrected chi connectivity index (χ3v) is 3.86. The summed E-state index contributed by atoms with van der Waals surface area (Å²) in [4.78, 5) is 2.51. The van der Waals surface area contributed by atoms with Crippen LogP contribution < -0.4 is 5.73 Å². The molecular formula is C14H21ClN2. The van der Waals surface area contributed by atoms with Crippen LogP contribution >= 0.6 is 11.6 Å². The van der Waals surface area contributed by atoms with Gasteiger partial charge in [-0.25, -0.2) is 0 Å². The highest BCUT2D eigenvalue weighted by molar-refractivity contribution is 6.30. The molecule has 2 rings (SSSR count). The summed E-state index contributed by atoms with van der Waals surface area (Å²) in [6, 6.07) is 8.44. The molecule has 1 fully saturated rings. The maximum Gasteiger partial charge on any atom is 0.0470 e. The number of nitrogens with two attached hydrogens (primary N) is 1. The summed E-state index contributed by atoms with van der Waals surface area (Å²) in [5.41, 5.74) is 7.23. The van der Waals surface area contributed by atoms with E-state index >= 15 is 0 Å². The molecule has 2 N–H and O–H groups in total. The Morgan fingerprint density at radius 2 is 2.12 bits per heavy atom. The molecule has 1 aliphatic rings. The minimum Gasteiger partial charge on any atom is -0.329 e. The van der Waals surface area contributed by atoms with E-state index in [1.54, 1.807) is 0 Å². The summed E-state index contributed by atoms with van der Waals surface area (Å²) in [6.45, 7) is 5.31. The van der Waals surface area contributed by atoms with Crippen molar-refractivity contribution < 1.29 is 0 Å². The van der Waals surface area contributed by atoms with Crippen molar-refractivity contribution in [3.63, 3.8) is 0 Å². The van der Waals surface area contributed by atoms with Crippen LogP contribution in [-0.2, 0) is 0 Å². The van der Waals surface area contributed by atoms with Crippen molar-refractivity contribution in [1.29, 1.82) is 0 Å². The van der Waals surface area contributed by atoms with E-state index in [1.807, 2.05) is 12.1 Å². The second-order valence-corrected chi connectivity index (χ2v) is 5.48. The molecule has 0 saturated carbocycles. The van der Waals surface area contributed by atoms with Crippen LogP contribution in [0, 0.1) is 5.92 Å². The molecule has 0 spiro atoms. The van der Waals surface area contributed by atoms with Crippen molar-refractivity contribution in [2.45, 2.75) is 25.8 Å². The fourth-order valence-corrected chi connectivity index (χ4v) is 2.82. The lowest BCUT2D eigenvalue weighted by molar-refractivity contribution is 0.133. The molecule has 1 aliphatic heterocycles. The van der Waals surface area contributed by atoms with Gasteiger partial charge >= 0.3 is 0 Å². The van der Waals surface area contributed by atoms with E-state index in [0.29, 0.717) is 12.6 Å². The van der Waals surface area contributed by atoms with Gasteiger partial charge in [0.25, 0.3) is 0 Å². The number of rotatable bonds is 3. The highest BCUT2D eigenvalue weighted by Gasteiger charge is 2.23. The Morgan fingerprint density at radius 1 is 1.41 bits per heavy atom. The van der Waals surface area contributed by atoms with Crippen molar-refractivity contribution in [2.75, 3.05) is 19.6 Å². The Morgan fingerprint density at radius 3 is 2.71 bits per heavy atom. The van der Waals surface area contributed by atoms with Gasteiger partial charge < -0.3 is 5.73 Å². The highest BCUT2D eigenvalue weighted by atomic mass is 35.5. The smallest absolute Gasteiger partial charge is 0.0470 e. The molecule has 2 nitrogen and oxygen atoms in total. The minimum atomic E-state index is 0.343. The van der Waals surface area contributed by atoms with Gasteiger partial charge in [-0.15, -0.1) is 0 Å². The number of nitrogens with zero attached hydrogens (tertiary/aromatic N) is 1. The van der Waals surface area contributed by atoms with Gasteiger partial charge in [0.2, 0.25) is 0 Å². The highest BCUT2D eigenvalue weighted by Crippen LogP contribution is 2.26. The Balaban J connectivity index is 2.12. The van der Waals surface area contributed by atoms with Crippen LogP contribution in [0.15, 0.2) is 24.3 Å². The van der Waals surface area contributed by atoms with Crippen molar-refractivity contribution in [3.8, 4) is 0 Å². The molecule has 1 aromatic carbocycles. The Kier molecular flexibility index (Phi) is 4.43. The monoisotopic (exact) mass is 252 g/mol. The summed E-state index contributed by atoms with van der Waals surface area (Å²) in [5, 5.41) is 0.788. The summed E-state index contributed by atoms with van der Waals surface area (Å²) in [6.07, 6.45) is 2.62. The standard InChI is InChI=1S/C14H21ClN2/c1-11-3-2-8-17(10-11)14(9-16)12-4-6-13(15)7-5-12/h4-7,11,14H,2-3,8-10,16H2,1H3/t11-,14-/m0/s1. The second-order valence-electron chi connectivity index (χ2n) is 5.05. The maximum atomic E-state index is 5.94. The van der Waals surface area contributed by atoms with Gasteiger partial charge in [-0.05, 0) is 43.0 Å². The lowest BCUT2D eigenvalue weighted by Gasteiger charge is -2.37. The molecule has 2 atom stereocenters. The zero-order chi connectivity index (χ0) is 12.3. The minimum absolute atomic E-state index is 0.343. The predicted molar refractivity (Wildman–Crippen MR) is 73.2 cm³/mol. The molecule has 0 bridgehead atoms. The first-order valence-electron chi connectivity index (χ1n) is 6.40. The first kappa shape index (κ1) is 12.9. The second kappa shape index (κ2) is 5.85. The number of piperidine rings is 1. The summed E-state index contributed by atoms with van der Waals surface area (Å²) < 4.78 is 0. The molecule has 17 heavy (non-hydrogen) atoms. The Labute approximate surface area is 109 Å². The first-order valence-corrected chi connectivity index (χ1v) is 6.78. The zero-order valence-corrected chi connectivity index (χ0v) is 11.2. The summed E-state index contributed by atoms with van der Waals surface area (Å²) >= 11 is 5.92. The van der Waals surface area contributed by atoms with Gasteiger partial charge in [-0.2, -0.15) is 0 Å². The van der Waals surface area contributed by atoms with E-state index in [1.165, 1.54) is 18.4 Å². The van der Waals surface area contributed by atoms with Gasteiger partial charge in [0.15, 0.2) is 0 Å². The normalized spacial score (nSPS) is 23.6. The van der Waals surface area contributed by atoms with E-state index in [-0.39, 0.29) is 0 Å². The third-order valence-electron chi connectivity index (χ3n) is 3.61. The first-order chi connectivity index (χ1) is 8.20. The van der Waals surface area contributed by atoms with Crippen LogP contribution in [0.5, 0.6) is 0 Å². The van der Waals surface area contributed by atoms with Crippen LogP contribution in [-0.4, -0.2) is 24.5 Å². The molecule has 1 saturated heterocycles. The van der Waals surface area contributed by atoms with Crippen molar-refractivity contribution in [1.82, 2.24) is 4.90 Å². The van der Waals surface area contributed by atoms with E-state index in [4.69, 9.17) is 17.3 Å². The summed E-state index contributed by atoms with van der Waals surface area (Å²) in [7, 11) is 0. The fraction of sp³-hybridized carbons (Fsp3) is 0.571. The van der Waals surface area contributed by atoms with E-state index in [9.17, 15) is 0 Å². The molecule has 0 amide bonds. The van der Waals surface area contributed by atoms with E-state index in [2.05, 4.69) is 24.0 Å². The fourth-order valence-electron chi connectivity index (χ4n) is 2.69. The lowest BCUT2D eigenvalue weighted by atomic mass is 9.96. The van der Waals surface area contributed by atoms with Gasteiger partial charge in [0.1, 0.15) is 0 Å². The maximum absolute atomic E-state index is 5.94. The number of hydrogen-bond donors (Lipinski definition) is 1. The third kappa shape index (κ3) is 3.21.